The van der Waals surface area contributed by atoms with Gasteiger partial charge in [0.05, 0.1) is 0 Å². The van der Waals surface area contributed by atoms with Gasteiger partial charge in [-0.1, -0.05) is 0 Å². The van der Waals surface area contributed by atoms with Crippen molar-refractivity contribution in [2.24, 2.45) is 10.7 Å². The second-order valence-corrected chi connectivity index (χ2v) is 5.70. The molecule has 0 unspecified atom stereocenters. The maximum Gasteiger partial charge on any atom is 0.139 e. The normalized spacial score (nSPS) is 15.9. The molecule has 1 aromatic heterocycles. The van der Waals surface area contributed by atoms with Gasteiger partial charge in [-0.3, -0.25) is 0 Å². The van der Waals surface area contributed by atoms with Crippen LogP contribution in [0.4, 0.5) is 0 Å². The van der Waals surface area contributed by atoms with E-state index in [1.165, 1.54) is 16.5 Å². The number of hydrogen-bond donors (Lipinski definition) is 1. The predicted molar refractivity (Wildman–Crippen MR) is 70.0 cm³/mol. The monoisotopic (exact) mass is 234 g/mol. The van der Waals surface area contributed by atoms with E-state index in [1.54, 1.807) is 0 Å². The van der Waals surface area contributed by atoms with E-state index in [1.807, 2.05) is 7.05 Å². The van der Waals surface area contributed by atoms with Crippen molar-refractivity contribution in [3.63, 3.8) is 0 Å². The molecule has 0 aromatic carbocycles. The first-order chi connectivity index (χ1) is 7.86. The zero-order chi connectivity index (χ0) is 12.8. The van der Waals surface area contributed by atoms with Gasteiger partial charge in [-0.2, -0.15) is 0 Å². The number of aromatic nitrogens is 1. The predicted octanol–water partition coefficient (Wildman–Crippen LogP) is 0.141. The molecule has 1 aromatic rings. The molecule has 4 nitrogen and oxygen atoms in total. The maximum atomic E-state index is 5.87. The van der Waals surface area contributed by atoms with Crippen LogP contribution in [0.1, 0.15) is 26.3 Å². The van der Waals surface area contributed by atoms with Crippen molar-refractivity contribution in [1.29, 1.82) is 0 Å². The first-order valence-electron chi connectivity index (χ1n) is 6.03. The SMILES string of the molecule is Cc1cn(C(C)(C)C)c2c1=C(CN)N(C)CN=2. The van der Waals surface area contributed by atoms with Gasteiger partial charge >= 0.3 is 0 Å². The minimum absolute atomic E-state index is 0.0530. The summed E-state index contributed by atoms with van der Waals surface area (Å²) in [5.41, 5.74) is 9.44. The third-order valence-corrected chi connectivity index (χ3v) is 3.27. The van der Waals surface area contributed by atoms with Gasteiger partial charge in [0.1, 0.15) is 12.2 Å². The van der Waals surface area contributed by atoms with Crippen LogP contribution in [0.3, 0.4) is 0 Å². The average Bonchev–Trinajstić information content (AvgIpc) is 2.56. The zero-order valence-corrected chi connectivity index (χ0v) is 11.4. The van der Waals surface area contributed by atoms with E-state index in [0.29, 0.717) is 13.2 Å². The lowest BCUT2D eigenvalue weighted by Gasteiger charge is -2.25. The number of rotatable bonds is 1. The Morgan fingerprint density at radius 3 is 2.59 bits per heavy atom. The van der Waals surface area contributed by atoms with E-state index >= 15 is 0 Å². The molecule has 2 rings (SSSR count). The summed E-state index contributed by atoms with van der Waals surface area (Å²) in [6, 6.07) is 0. The third kappa shape index (κ3) is 1.86. The van der Waals surface area contributed by atoms with Crippen LogP contribution in [0.5, 0.6) is 0 Å². The van der Waals surface area contributed by atoms with Gasteiger partial charge in [-0.05, 0) is 33.3 Å². The summed E-state index contributed by atoms with van der Waals surface area (Å²) in [5.74, 6) is 0. The van der Waals surface area contributed by atoms with Gasteiger partial charge in [-0.25, -0.2) is 4.99 Å². The van der Waals surface area contributed by atoms with Crippen molar-refractivity contribution in [3.05, 3.63) is 22.5 Å². The highest BCUT2D eigenvalue weighted by Gasteiger charge is 2.20. The zero-order valence-electron chi connectivity index (χ0n) is 11.4. The molecule has 2 heterocycles. The van der Waals surface area contributed by atoms with Crippen LogP contribution in [0.2, 0.25) is 0 Å². The molecule has 0 saturated heterocycles. The molecular formula is C13H22N4. The lowest BCUT2D eigenvalue weighted by Crippen LogP contribution is -2.46. The molecule has 0 fully saturated rings. The molecule has 0 aliphatic carbocycles. The second kappa shape index (κ2) is 3.88. The molecule has 0 bridgehead atoms. The van der Waals surface area contributed by atoms with Crippen LogP contribution in [0.25, 0.3) is 5.70 Å². The topological polar surface area (TPSA) is 46.5 Å². The summed E-state index contributed by atoms with van der Waals surface area (Å²) in [6.45, 7) is 9.98. The Hall–Kier alpha value is -1.29. The minimum Gasteiger partial charge on any atom is -0.357 e. The highest BCUT2D eigenvalue weighted by atomic mass is 15.2. The number of nitrogens with zero attached hydrogens (tertiary/aromatic N) is 3. The Labute approximate surface area is 102 Å². The standard InChI is InChI=1S/C13H22N4/c1-9-7-17(13(2,3)4)12-11(9)10(6-14)16(5)8-15-12/h7H,6,8,14H2,1-5H3. The van der Waals surface area contributed by atoms with Crippen LogP contribution in [0.15, 0.2) is 11.2 Å². The smallest absolute Gasteiger partial charge is 0.139 e. The maximum absolute atomic E-state index is 5.87. The lowest BCUT2D eigenvalue weighted by molar-refractivity contribution is 0.373. The van der Waals surface area contributed by atoms with Crippen LogP contribution < -0.4 is 16.4 Å². The summed E-state index contributed by atoms with van der Waals surface area (Å²) in [6.07, 6.45) is 2.18. The van der Waals surface area contributed by atoms with Gasteiger partial charge in [-0.15, -0.1) is 0 Å². The van der Waals surface area contributed by atoms with Crippen LogP contribution >= 0.6 is 0 Å². The van der Waals surface area contributed by atoms with Crippen LogP contribution in [0, 0.1) is 6.92 Å². The largest absolute Gasteiger partial charge is 0.357 e. The Morgan fingerprint density at radius 1 is 1.41 bits per heavy atom. The van der Waals surface area contributed by atoms with Gasteiger partial charge in [0.25, 0.3) is 0 Å². The molecule has 17 heavy (non-hydrogen) atoms. The number of aryl methyl sites for hydroxylation is 1. The number of fused-ring (bicyclic) bond motifs is 1. The summed E-state index contributed by atoms with van der Waals surface area (Å²) in [5, 5.41) is 1.22. The minimum atomic E-state index is 0.0530. The highest BCUT2D eigenvalue weighted by molar-refractivity contribution is 5.46. The second-order valence-electron chi connectivity index (χ2n) is 5.70. The molecule has 1 aliphatic heterocycles. The fourth-order valence-corrected chi connectivity index (χ4v) is 2.35. The molecule has 0 saturated carbocycles. The first kappa shape index (κ1) is 12.2. The van der Waals surface area contributed by atoms with Crippen molar-refractivity contribution in [2.45, 2.75) is 33.2 Å². The number of hydrogen-bond acceptors (Lipinski definition) is 3. The van der Waals surface area contributed by atoms with Crippen molar-refractivity contribution in [1.82, 2.24) is 9.47 Å². The molecule has 0 atom stereocenters. The third-order valence-electron chi connectivity index (χ3n) is 3.27. The fourth-order valence-electron chi connectivity index (χ4n) is 2.35. The molecular weight excluding hydrogens is 212 g/mol. The quantitative estimate of drug-likeness (QED) is 0.751. The Bertz CT molecular complexity index is 545. The summed E-state index contributed by atoms with van der Waals surface area (Å²) >= 11 is 0. The van der Waals surface area contributed by atoms with Gasteiger partial charge in [0, 0.05) is 36.2 Å². The van der Waals surface area contributed by atoms with Crippen molar-refractivity contribution in [2.75, 3.05) is 20.3 Å². The molecule has 0 radical (unpaired) electrons. The Morgan fingerprint density at radius 2 is 2.06 bits per heavy atom. The molecule has 2 N–H and O–H groups in total. The highest BCUT2D eigenvalue weighted by Crippen LogP contribution is 2.12. The van der Waals surface area contributed by atoms with E-state index in [2.05, 4.69) is 48.4 Å². The summed E-state index contributed by atoms with van der Waals surface area (Å²) in [4.78, 5) is 6.80. The summed E-state index contributed by atoms with van der Waals surface area (Å²) < 4.78 is 2.25. The van der Waals surface area contributed by atoms with E-state index in [-0.39, 0.29) is 5.54 Å². The van der Waals surface area contributed by atoms with Crippen molar-refractivity contribution >= 4 is 5.70 Å². The molecule has 0 amide bonds. The van der Waals surface area contributed by atoms with Gasteiger partial charge in [0.15, 0.2) is 0 Å². The van der Waals surface area contributed by atoms with E-state index < -0.39 is 0 Å². The average molecular weight is 234 g/mol. The van der Waals surface area contributed by atoms with Crippen molar-refractivity contribution in [3.8, 4) is 0 Å². The summed E-state index contributed by atoms with van der Waals surface area (Å²) in [7, 11) is 2.04. The van der Waals surface area contributed by atoms with E-state index in [0.717, 1.165) is 5.49 Å². The Kier molecular flexibility index (Phi) is 2.78. The molecule has 4 heteroatoms. The van der Waals surface area contributed by atoms with Gasteiger partial charge < -0.3 is 15.2 Å². The first-order valence-corrected chi connectivity index (χ1v) is 6.03. The number of nitrogens with two attached hydrogens (primary N) is 1. The van der Waals surface area contributed by atoms with Gasteiger partial charge in [0.2, 0.25) is 0 Å². The molecule has 1 aliphatic rings. The molecule has 0 spiro atoms. The van der Waals surface area contributed by atoms with E-state index in [4.69, 9.17) is 5.73 Å². The van der Waals surface area contributed by atoms with Crippen LogP contribution in [-0.2, 0) is 5.54 Å². The van der Waals surface area contributed by atoms with Crippen LogP contribution in [-0.4, -0.2) is 29.7 Å². The lowest BCUT2D eigenvalue weighted by atomic mass is 10.1. The van der Waals surface area contributed by atoms with E-state index in [9.17, 15) is 0 Å². The Balaban J connectivity index is 2.85. The van der Waals surface area contributed by atoms with Crippen molar-refractivity contribution < 1.29 is 0 Å². The number of likely N-dealkylation sites (N-methyl/N-ethyl adjacent to an activating group) is 1. The fraction of sp³-hybridized carbons (Fsp3) is 0.615. The molecule has 94 valence electrons.